The Balaban J connectivity index is 2.07. The van der Waals surface area contributed by atoms with Crippen LogP contribution in [-0.2, 0) is 9.59 Å². The minimum atomic E-state index is -0.575. The highest BCUT2D eigenvalue weighted by atomic mass is 35.5. The zero-order valence-electron chi connectivity index (χ0n) is 18.2. The van der Waals surface area contributed by atoms with E-state index in [4.69, 9.17) is 17.3 Å². The van der Waals surface area contributed by atoms with E-state index >= 15 is 0 Å². The molecule has 0 radical (unpaired) electrons. The highest BCUT2D eigenvalue weighted by molar-refractivity contribution is 7.97. The summed E-state index contributed by atoms with van der Waals surface area (Å²) in [6, 6.07) is 15.4. The van der Waals surface area contributed by atoms with Crippen molar-refractivity contribution in [1.29, 1.82) is 0 Å². The van der Waals surface area contributed by atoms with E-state index in [1.165, 1.54) is 5.56 Å². The van der Waals surface area contributed by atoms with Crippen LogP contribution in [0.1, 0.15) is 37.9 Å². The summed E-state index contributed by atoms with van der Waals surface area (Å²) in [7, 11) is 0. The molecule has 164 valence electrons. The largest absolute Gasteiger partial charge is 0.368 e. The van der Waals surface area contributed by atoms with Crippen molar-refractivity contribution in [2.24, 2.45) is 11.1 Å². The van der Waals surface area contributed by atoms with Crippen LogP contribution in [0.2, 0.25) is 5.02 Å². The first-order valence-corrected chi connectivity index (χ1v) is 11.3. The predicted molar refractivity (Wildman–Crippen MR) is 127 cm³/mol. The highest BCUT2D eigenvalue weighted by Crippen LogP contribution is 2.48. The van der Waals surface area contributed by atoms with Crippen molar-refractivity contribution in [2.75, 3.05) is 6.54 Å². The van der Waals surface area contributed by atoms with Crippen LogP contribution in [-0.4, -0.2) is 28.7 Å². The maximum absolute atomic E-state index is 13.1. The second kappa shape index (κ2) is 9.47. The van der Waals surface area contributed by atoms with Gasteiger partial charge in [-0.1, -0.05) is 68.8 Å². The number of benzene rings is 2. The van der Waals surface area contributed by atoms with E-state index in [0.29, 0.717) is 10.6 Å². The molecule has 2 atom stereocenters. The van der Waals surface area contributed by atoms with Gasteiger partial charge in [-0.05, 0) is 53.6 Å². The summed E-state index contributed by atoms with van der Waals surface area (Å²) < 4.78 is 2.27. The number of carbonyl (C=O) groups is 2. The summed E-state index contributed by atoms with van der Waals surface area (Å²) in [5.41, 5.74) is 7.84. The topological polar surface area (TPSA) is 75.4 Å². The molecule has 2 aromatic rings. The number of amides is 2. The Labute approximate surface area is 193 Å². The fraction of sp³-hybridized carbons (Fsp3) is 0.333. The van der Waals surface area contributed by atoms with Crippen molar-refractivity contribution in [3.05, 3.63) is 76.3 Å². The van der Waals surface area contributed by atoms with Crippen molar-refractivity contribution in [2.45, 2.75) is 44.7 Å². The molecule has 0 bridgehead atoms. The van der Waals surface area contributed by atoms with Gasteiger partial charge in [0.25, 0.3) is 0 Å². The Morgan fingerprint density at radius 1 is 1.13 bits per heavy atom. The molecule has 3 N–H and O–H groups in total. The molecule has 0 saturated heterocycles. The summed E-state index contributed by atoms with van der Waals surface area (Å²) in [5, 5.41) is 3.29. The molecule has 1 aliphatic heterocycles. The number of nitrogens with two attached hydrogens (primary N) is 1. The second-order valence-electron chi connectivity index (χ2n) is 8.75. The average molecular weight is 458 g/mol. The highest BCUT2D eigenvalue weighted by Gasteiger charge is 2.44. The van der Waals surface area contributed by atoms with Gasteiger partial charge in [0.05, 0.1) is 12.6 Å². The predicted octanol–water partition coefficient (Wildman–Crippen LogP) is 4.66. The van der Waals surface area contributed by atoms with Gasteiger partial charge in [-0.2, -0.15) is 0 Å². The monoisotopic (exact) mass is 457 g/mol. The van der Waals surface area contributed by atoms with Gasteiger partial charge in [0, 0.05) is 21.5 Å². The van der Waals surface area contributed by atoms with E-state index in [1.807, 2.05) is 42.5 Å². The summed E-state index contributed by atoms with van der Waals surface area (Å²) >= 11 is 7.77. The molecule has 5 nitrogen and oxygen atoms in total. The van der Waals surface area contributed by atoms with E-state index in [1.54, 1.807) is 11.9 Å². The number of hydrogen-bond donors (Lipinski definition) is 2. The molecule has 1 aliphatic rings. The lowest BCUT2D eigenvalue weighted by atomic mass is 9.87. The third-order valence-electron chi connectivity index (χ3n) is 5.22. The molecule has 2 unspecified atom stereocenters. The van der Waals surface area contributed by atoms with Gasteiger partial charge in [-0.25, -0.2) is 4.31 Å². The van der Waals surface area contributed by atoms with Gasteiger partial charge in [0.15, 0.2) is 0 Å². The van der Waals surface area contributed by atoms with E-state index in [0.717, 1.165) is 10.5 Å². The third-order valence-corrected chi connectivity index (χ3v) is 6.77. The first kappa shape index (κ1) is 23.4. The fourth-order valence-electron chi connectivity index (χ4n) is 3.59. The Morgan fingerprint density at radius 3 is 2.35 bits per heavy atom. The minimum absolute atomic E-state index is 0.0212. The lowest BCUT2D eigenvalue weighted by Gasteiger charge is -2.37. The fourth-order valence-corrected chi connectivity index (χ4v) is 5.12. The quantitative estimate of drug-likeness (QED) is 0.619. The van der Waals surface area contributed by atoms with E-state index in [2.05, 4.69) is 49.4 Å². The summed E-state index contributed by atoms with van der Waals surface area (Å²) in [6.07, 6.45) is 2.01. The van der Waals surface area contributed by atoms with Gasteiger partial charge in [0.2, 0.25) is 11.8 Å². The van der Waals surface area contributed by atoms with Gasteiger partial charge in [-0.3, -0.25) is 9.59 Å². The molecule has 2 amide bonds. The molecule has 0 saturated carbocycles. The summed E-state index contributed by atoms with van der Waals surface area (Å²) in [5.74, 6) is -0.866. The first-order chi connectivity index (χ1) is 14.6. The number of halogens is 1. The van der Waals surface area contributed by atoms with Crippen LogP contribution >= 0.6 is 23.5 Å². The number of nitrogens with zero attached hydrogens (tertiary/aromatic N) is 1. The normalized spacial score (nSPS) is 19.2. The molecule has 0 fully saturated rings. The van der Waals surface area contributed by atoms with Crippen LogP contribution in [0.25, 0.3) is 0 Å². The van der Waals surface area contributed by atoms with Crippen LogP contribution in [0, 0.1) is 12.3 Å². The van der Waals surface area contributed by atoms with E-state index < -0.39 is 5.91 Å². The SMILES string of the molecule is Cc1ccccc1SN1C(c2ccc(Cl)cc2)C(C(=O)NCC(N)=O)=CC1C(C)(C)C. The van der Waals surface area contributed by atoms with E-state index in [-0.39, 0.29) is 30.0 Å². The molecule has 1 heterocycles. The maximum Gasteiger partial charge on any atom is 0.249 e. The molecule has 0 spiro atoms. The summed E-state index contributed by atoms with van der Waals surface area (Å²) in [6.45, 7) is 8.35. The molecular weight excluding hydrogens is 430 g/mol. The number of carbonyl (C=O) groups excluding carboxylic acids is 2. The zero-order chi connectivity index (χ0) is 22.8. The van der Waals surface area contributed by atoms with Crippen LogP contribution < -0.4 is 11.1 Å². The lowest BCUT2D eigenvalue weighted by Crippen LogP contribution is -2.38. The van der Waals surface area contributed by atoms with Crippen molar-refractivity contribution in [1.82, 2.24) is 9.62 Å². The number of rotatable bonds is 6. The minimum Gasteiger partial charge on any atom is -0.368 e. The van der Waals surface area contributed by atoms with Gasteiger partial charge >= 0.3 is 0 Å². The van der Waals surface area contributed by atoms with Gasteiger partial charge in [0.1, 0.15) is 0 Å². The lowest BCUT2D eigenvalue weighted by molar-refractivity contribution is -0.122. The van der Waals surface area contributed by atoms with Crippen LogP contribution in [0.15, 0.2) is 65.1 Å². The van der Waals surface area contributed by atoms with Crippen LogP contribution in [0.4, 0.5) is 0 Å². The van der Waals surface area contributed by atoms with E-state index in [9.17, 15) is 9.59 Å². The molecule has 31 heavy (non-hydrogen) atoms. The Hall–Kier alpha value is -2.28. The Bertz CT molecular complexity index is 999. The molecule has 7 heteroatoms. The number of nitrogens with one attached hydrogen (secondary N) is 1. The number of aryl methyl sites for hydroxylation is 1. The first-order valence-electron chi connectivity index (χ1n) is 10.1. The van der Waals surface area contributed by atoms with Crippen LogP contribution in [0.3, 0.4) is 0 Å². The van der Waals surface area contributed by atoms with Crippen molar-refractivity contribution < 1.29 is 9.59 Å². The summed E-state index contributed by atoms with van der Waals surface area (Å²) in [4.78, 5) is 25.4. The number of primary amides is 1. The molecular formula is C24H28ClN3O2S. The maximum atomic E-state index is 13.1. The third kappa shape index (κ3) is 5.50. The van der Waals surface area contributed by atoms with Gasteiger partial charge < -0.3 is 11.1 Å². The standard InChI is InChI=1S/C24H28ClN3O2S/c1-15-7-5-6-8-19(15)31-28-20(24(2,3)4)13-18(23(30)27-14-21(26)29)22(28)16-9-11-17(25)12-10-16/h5-13,20,22H,14H2,1-4H3,(H2,26,29)(H,27,30). The van der Waals surface area contributed by atoms with Crippen molar-refractivity contribution in [3.63, 3.8) is 0 Å². The van der Waals surface area contributed by atoms with Crippen molar-refractivity contribution in [3.8, 4) is 0 Å². The molecule has 0 aromatic heterocycles. The second-order valence-corrected chi connectivity index (χ2v) is 10.2. The molecule has 2 aromatic carbocycles. The molecule has 0 aliphatic carbocycles. The van der Waals surface area contributed by atoms with Crippen molar-refractivity contribution >= 4 is 35.4 Å². The Kier molecular flexibility index (Phi) is 7.14. The van der Waals surface area contributed by atoms with Gasteiger partial charge in [-0.15, -0.1) is 0 Å². The number of hydrogen-bond acceptors (Lipinski definition) is 4. The zero-order valence-corrected chi connectivity index (χ0v) is 19.8. The molecule has 3 rings (SSSR count). The Morgan fingerprint density at radius 2 is 1.77 bits per heavy atom. The average Bonchev–Trinajstić information content (AvgIpc) is 3.08. The smallest absolute Gasteiger partial charge is 0.249 e. The van der Waals surface area contributed by atoms with Crippen LogP contribution in [0.5, 0.6) is 0 Å².